The van der Waals surface area contributed by atoms with Crippen molar-refractivity contribution in [2.45, 2.75) is 12.8 Å². The molecule has 1 aliphatic rings. The van der Waals surface area contributed by atoms with E-state index in [2.05, 4.69) is 156 Å². The van der Waals surface area contributed by atoms with Crippen LogP contribution in [0, 0.1) is 0 Å². The van der Waals surface area contributed by atoms with E-state index in [1.165, 1.54) is 82.4 Å². The lowest BCUT2D eigenvalue weighted by Gasteiger charge is -2.15. The zero-order chi connectivity index (χ0) is 28.3. The normalized spacial score (nSPS) is 12.8. The molecule has 8 aromatic rings. The summed E-state index contributed by atoms with van der Waals surface area (Å²) in [5.74, 6) is 0. The van der Waals surface area contributed by atoms with Gasteiger partial charge in [0.15, 0.2) is 0 Å². The minimum atomic E-state index is 0.877. The molecule has 1 aromatic heterocycles. The van der Waals surface area contributed by atoms with Crippen LogP contribution in [0.25, 0.3) is 60.7 Å². The molecule has 1 heteroatoms. The summed E-state index contributed by atoms with van der Waals surface area (Å²) in [5, 5.41) is 7.79. The fourth-order valence-electron chi connectivity index (χ4n) is 7.23. The average Bonchev–Trinajstić information content (AvgIpc) is 3.64. The molecule has 1 aliphatic carbocycles. The van der Waals surface area contributed by atoms with Gasteiger partial charge in [0.25, 0.3) is 0 Å². The molecular formula is C42H29N. The predicted molar refractivity (Wildman–Crippen MR) is 183 cm³/mol. The van der Waals surface area contributed by atoms with E-state index in [-0.39, 0.29) is 0 Å². The highest BCUT2D eigenvalue weighted by molar-refractivity contribution is 6.21. The van der Waals surface area contributed by atoms with Crippen LogP contribution in [0.4, 0.5) is 0 Å². The summed E-state index contributed by atoms with van der Waals surface area (Å²) in [7, 11) is 0. The summed E-state index contributed by atoms with van der Waals surface area (Å²) >= 11 is 0. The zero-order valence-corrected chi connectivity index (χ0v) is 23.8. The molecule has 9 rings (SSSR count). The minimum Gasteiger partial charge on any atom is -0.309 e. The molecule has 1 heterocycles. The van der Waals surface area contributed by atoms with Gasteiger partial charge in [-0.15, -0.1) is 0 Å². The number of aromatic nitrogens is 1. The summed E-state index contributed by atoms with van der Waals surface area (Å²) in [6.07, 6.45) is 4.25. The molecule has 0 aliphatic heterocycles. The maximum atomic E-state index is 2.44. The number of fused-ring (bicyclic) bond motifs is 7. The first-order chi connectivity index (χ1) is 21.3. The highest BCUT2D eigenvalue weighted by Gasteiger charge is 2.18. The second-order valence-corrected chi connectivity index (χ2v) is 11.8. The van der Waals surface area contributed by atoms with Crippen molar-refractivity contribution in [3.63, 3.8) is 0 Å². The molecule has 43 heavy (non-hydrogen) atoms. The Labute approximate surface area is 251 Å². The largest absolute Gasteiger partial charge is 0.309 e. The van der Waals surface area contributed by atoms with Crippen molar-refractivity contribution in [3.8, 4) is 5.69 Å². The first-order valence-electron chi connectivity index (χ1n) is 15.1. The zero-order valence-electron chi connectivity index (χ0n) is 23.8. The molecule has 0 saturated heterocycles. The molecule has 0 fully saturated rings. The Kier molecular flexibility index (Phi) is 5.39. The number of nitrogens with zero attached hydrogens (tertiary/aromatic N) is 1. The van der Waals surface area contributed by atoms with Gasteiger partial charge in [0.1, 0.15) is 0 Å². The molecule has 0 unspecified atom stereocenters. The van der Waals surface area contributed by atoms with Crippen LogP contribution in [0.5, 0.6) is 0 Å². The lowest BCUT2D eigenvalue weighted by molar-refractivity contribution is 1.13. The second kappa shape index (κ2) is 9.58. The number of allylic oxidation sites excluding steroid dienone is 1. The number of hydrogen-bond acceptors (Lipinski definition) is 0. The fourth-order valence-corrected chi connectivity index (χ4v) is 7.23. The van der Waals surface area contributed by atoms with Gasteiger partial charge in [-0.05, 0) is 98.1 Å². The van der Waals surface area contributed by atoms with Crippen LogP contribution in [-0.4, -0.2) is 4.57 Å². The summed E-state index contributed by atoms with van der Waals surface area (Å²) in [6.45, 7) is 0. The molecule has 1 nitrogen and oxygen atoms in total. The monoisotopic (exact) mass is 547 g/mol. The number of para-hydroxylation sites is 1. The third-order valence-corrected chi connectivity index (χ3v) is 9.21. The molecule has 0 radical (unpaired) electrons. The quantitative estimate of drug-likeness (QED) is 0.206. The Morgan fingerprint density at radius 3 is 2.16 bits per heavy atom. The lowest BCUT2D eigenvalue weighted by atomic mass is 9.91. The maximum absolute atomic E-state index is 2.44. The van der Waals surface area contributed by atoms with Crippen molar-refractivity contribution in [2.75, 3.05) is 0 Å². The summed E-state index contributed by atoms with van der Waals surface area (Å²) in [5.41, 5.74) is 11.9. The van der Waals surface area contributed by atoms with E-state index in [9.17, 15) is 0 Å². The van der Waals surface area contributed by atoms with Crippen molar-refractivity contribution in [1.29, 1.82) is 0 Å². The number of benzene rings is 7. The molecule has 7 aromatic carbocycles. The first kappa shape index (κ1) is 24.2. The summed E-state index contributed by atoms with van der Waals surface area (Å²) < 4.78 is 2.44. The van der Waals surface area contributed by atoms with Gasteiger partial charge in [-0.3, -0.25) is 0 Å². The number of rotatable bonds is 4. The third kappa shape index (κ3) is 3.93. The van der Waals surface area contributed by atoms with Crippen LogP contribution in [0.1, 0.15) is 27.8 Å². The molecule has 0 amide bonds. The molecular weight excluding hydrogens is 518 g/mol. The van der Waals surface area contributed by atoms with Gasteiger partial charge in [0.05, 0.1) is 11.0 Å². The molecule has 0 saturated carbocycles. The SMILES string of the molecule is C1=C(c2cc3ccccc3cc2Cc2cccc(-n3c4ccccc4c4c5ccccc5ccc43)c2)Cc2ccccc21. The van der Waals surface area contributed by atoms with Gasteiger partial charge in [0.2, 0.25) is 0 Å². The predicted octanol–water partition coefficient (Wildman–Crippen LogP) is 10.8. The highest BCUT2D eigenvalue weighted by atomic mass is 15.0. The van der Waals surface area contributed by atoms with E-state index in [4.69, 9.17) is 0 Å². The Hall–Kier alpha value is -5.40. The molecule has 0 N–H and O–H groups in total. The lowest BCUT2D eigenvalue weighted by Crippen LogP contribution is -1.99. The smallest absolute Gasteiger partial charge is 0.0547 e. The van der Waals surface area contributed by atoms with Crippen LogP contribution in [0.15, 0.2) is 146 Å². The van der Waals surface area contributed by atoms with E-state index >= 15 is 0 Å². The van der Waals surface area contributed by atoms with Crippen molar-refractivity contribution in [1.82, 2.24) is 4.57 Å². The standard InChI is InChI=1S/C42H29N/c1-2-13-31-26-35(25-30(31)12-1)39-27-33-15-4-3-14-32(33)24-34(39)22-28-10-9-16-36(23-28)43-40-19-8-7-18-38(40)42-37-17-6-5-11-29(37)20-21-41(42)43/h1-21,23-25,27H,22,26H2. The molecule has 0 atom stereocenters. The van der Waals surface area contributed by atoms with E-state index < -0.39 is 0 Å². The molecule has 0 bridgehead atoms. The summed E-state index contributed by atoms with van der Waals surface area (Å²) in [4.78, 5) is 0. The topological polar surface area (TPSA) is 4.93 Å². The van der Waals surface area contributed by atoms with E-state index in [1.807, 2.05) is 0 Å². The molecule has 202 valence electrons. The average molecular weight is 548 g/mol. The Morgan fingerprint density at radius 2 is 1.28 bits per heavy atom. The Morgan fingerprint density at radius 1 is 0.535 bits per heavy atom. The van der Waals surface area contributed by atoms with Crippen LogP contribution >= 0.6 is 0 Å². The fraction of sp³-hybridized carbons (Fsp3) is 0.0476. The minimum absolute atomic E-state index is 0.877. The van der Waals surface area contributed by atoms with Crippen LogP contribution in [0.3, 0.4) is 0 Å². The molecule has 0 spiro atoms. The van der Waals surface area contributed by atoms with E-state index in [1.54, 1.807) is 0 Å². The summed E-state index contributed by atoms with van der Waals surface area (Å²) in [6, 6.07) is 53.6. The van der Waals surface area contributed by atoms with Crippen molar-refractivity contribution >= 4 is 55.0 Å². The van der Waals surface area contributed by atoms with Crippen LogP contribution < -0.4 is 0 Å². The van der Waals surface area contributed by atoms with Crippen LogP contribution in [0.2, 0.25) is 0 Å². The Bertz CT molecular complexity index is 2400. The third-order valence-electron chi connectivity index (χ3n) is 9.21. The van der Waals surface area contributed by atoms with E-state index in [0.717, 1.165) is 12.8 Å². The Balaban J connectivity index is 1.19. The first-order valence-corrected chi connectivity index (χ1v) is 15.1. The van der Waals surface area contributed by atoms with Crippen LogP contribution in [-0.2, 0) is 12.8 Å². The second-order valence-electron chi connectivity index (χ2n) is 11.8. The van der Waals surface area contributed by atoms with Gasteiger partial charge >= 0.3 is 0 Å². The van der Waals surface area contributed by atoms with Gasteiger partial charge in [-0.25, -0.2) is 0 Å². The van der Waals surface area contributed by atoms with Gasteiger partial charge < -0.3 is 4.57 Å². The van der Waals surface area contributed by atoms with E-state index in [0.29, 0.717) is 0 Å². The van der Waals surface area contributed by atoms with Gasteiger partial charge in [-0.2, -0.15) is 0 Å². The highest BCUT2D eigenvalue weighted by Crippen LogP contribution is 2.38. The van der Waals surface area contributed by atoms with Gasteiger partial charge in [0, 0.05) is 16.5 Å². The van der Waals surface area contributed by atoms with Gasteiger partial charge in [-0.1, -0.05) is 121 Å². The maximum Gasteiger partial charge on any atom is 0.0547 e. The van der Waals surface area contributed by atoms with Crippen molar-refractivity contribution in [2.24, 2.45) is 0 Å². The number of hydrogen-bond donors (Lipinski definition) is 0. The van der Waals surface area contributed by atoms with Crippen molar-refractivity contribution in [3.05, 3.63) is 173 Å². The van der Waals surface area contributed by atoms with Crippen molar-refractivity contribution < 1.29 is 0 Å².